The number of aliphatic hydroxyl groups excluding tert-OH is 1. The Balaban J connectivity index is 2.51. The molecule has 0 saturated carbocycles. The van der Waals surface area contributed by atoms with Gasteiger partial charge in [-0.2, -0.15) is 0 Å². The van der Waals surface area contributed by atoms with Crippen LogP contribution in [-0.4, -0.2) is 35.3 Å². The third-order valence-corrected chi connectivity index (χ3v) is 1.80. The Bertz CT molecular complexity index is 204. The van der Waals surface area contributed by atoms with E-state index in [2.05, 4.69) is 4.74 Å². The second-order valence-corrected chi connectivity index (χ2v) is 2.69. The lowest BCUT2D eigenvalue weighted by atomic mass is 10.0. The minimum atomic E-state index is -0.692. The van der Waals surface area contributed by atoms with Crippen molar-refractivity contribution in [3.63, 3.8) is 0 Å². The molecule has 1 N–H and O–H groups in total. The SMILES string of the molecule is O=C1CC(C[N+](=O)[O-])[C@@H](CO)O1. The predicted molar refractivity (Wildman–Crippen MR) is 36.9 cm³/mol. The number of rotatable bonds is 3. The van der Waals surface area contributed by atoms with Gasteiger partial charge in [-0.25, -0.2) is 0 Å². The molecule has 2 atom stereocenters. The fourth-order valence-corrected chi connectivity index (χ4v) is 1.22. The molecule has 1 saturated heterocycles. The van der Waals surface area contributed by atoms with E-state index in [1.165, 1.54) is 0 Å². The zero-order valence-corrected chi connectivity index (χ0v) is 6.30. The average molecular weight is 175 g/mol. The van der Waals surface area contributed by atoms with Crippen LogP contribution < -0.4 is 0 Å². The zero-order chi connectivity index (χ0) is 9.14. The van der Waals surface area contributed by atoms with Crippen LogP contribution in [0.2, 0.25) is 0 Å². The number of hydrogen-bond acceptors (Lipinski definition) is 5. The molecule has 1 aliphatic rings. The van der Waals surface area contributed by atoms with Crippen LogP contribution in [0.25, 0.3) is 0 Å². The van der Waals surface area contributed by atoms with Gasteiger partial charge in [0.1, 0.15) is 6.10 Å². The summed E-state index contributed by atoms with van der Waals surface area (Å²) in [7, 11) is 0. The lowest BCUT2D eigenvalue weighted by Gasteiger charge is -2.09. The smallest absolute Gasteiger partial charge is 0.306 e. The van der Waals surface area contributed by atoms with E-state index < -0.39 is 22.9 Å². The van der Waals surface area contributed by atoms with Crippen LogP contribution in [0, 0.1) is 16.0 Å². The molecule has 6 heteroatoms. The second-order valence-electron chi connectivity index (χ2n) is 2.69. The summed E-state index contributed by atoms with van der Waals surface area (Å²) in [5.74, 6) is -0.946. The summed E-state index contributed by atoms with van der Waals surface area (Å²) >= 11 is 0. The molecule has 1 rings (SSSR count). The molecule has 0 amide bonds. The second kappa shape index (κ2) is 3.48. The van der Waals surface area contributed by atoms with E-state index in [1.54, 1.807) is 0 Å². The van der Waals surface area contributed by atoms with E-state index >= 15 is 0 Å². The van der Waals surface area contributed by atoms with Gasteiger partial charge in [-0.1, -0.05) is 0 Å². The first-order chi connectivity index (χ1) is 5.63. The molecule has 0 radical (unpaired) electrons. The summed E-state index contributed by atoms with van der Waals surface area (Å²) < 4.78 is 4.63. The minimum Gasteiger partial charge on any atom is -0.459 e. The highest BCUT2D eigenvalue weighted by Crippen LogP contribution is 2.21. The largest absolute Gasteiger partial charge is 0.459 e. The average Bonchev–Trinajstić information content (AvgIpc) is 2.29. The van der Waals surface area contributed by atoms with E-state index in [0.29, 0.717) is 0 Å². The van der Waals surface area contributed by atoms with Crippen molar-refractivity contribution in [2.45, 2.75) is 12.5 Å². The molecule has 68 valence electrons. The van der Waals surface area contributed by atoms with Crippen molar-refractivity contribution in [3.05, 3.63) is 10.1 Å². The number of ether oxygens (including phenoxy) is 1. The maximum absolute atomic E-state index is 10.6. The first-order valence-electron chi connectivity index (χ1n) is 3.55. The van der Waals surface area contributed by atoms with Gasteiger partial charge in [0.25, 0.3) is 0 Å². The zero-order valence-electron chi connectivity index (χ0n) is 6.30. The van der Waals surface area contributed by atoms with E-state index in [4.69, 9.17) is 5.11 Å². The van der Waals surface area contributed by atoms with E-state index in [0.717, 1.165) is 0 Å². The lowest BCUT2D eigenvalue weighted by molar-refractivity contribution is -0.489. The molecule has 0 spiro atoms. The van der Waals surface area contributed by atoms with E-state index in [9.17, 15) is 14.9 Å². The Labute approximate surface area is 68.3 Å². The van der Waals surface area contributed by atoms with Crippen LogP contribution in [0.3, 0.4) is 0 Å². The number of nitrogens with zero attached hydrogens (tertiary/aromatic N) is 1. The van der Waals surface area contributed by atoms with Crippen LogP contribution >= 0.6 is 0 Å². The first kappa shape index (κ1) is 8.92. The van der Waals surface area contributed by atoms with Crippen molar-refractivity contribution < 1.29 is 19.6 Å². The van der Waals surface area contributed by atoms with Crippen molar-refractivity contribution >= 4 is 5.97 Å². The topological polar surface area (TPSA) is 89.7 Å². The van der Waals surface area contributed by atoms with Crippen molar-refractivity contribution in [2.75, 3.05) is 13.2 Å². The van der Waals surface area contributed by atoms with Gasteiger partial charge in [0.05, 0.1) is 18.9 Å². The maximum Gasteiger partial charge on any atom is 0.306 e. The fraction of sp³-hybridized carbons (Fsp3) is 0.833. The highest BCUT2D eigenvalue weighted by molar-refractivity contribution is 5.72. The number of nitro groups is 1. The standard InChI is InChI=1S/C6H9NO5/c8-3-5-4(2-7(10)11)1-6(9)12-5/h4-5,8H,1-3H2/t4?,5-/m1/s1. The summed E-state index contributed by atoms with van der Waals surface area (Å²) in [6.07, 6.45) is -0.658. The highest BCUT2D eigenvalue weighted by atomic mass is 16.6. The normalized spacial score (nSPS) is 28.6. The van der Waals surface area contributed by atoms with Gasteiger partial charge in [-0.15, -0.1) is 0 Å². The molecule has 0 bridgehead atoms. The van der Waals surface area contributed by atoms with Gasteiger partial charge in [-0.3, -0.25) is 14.9 Å². The molecule has 1 unspecified atom stereocenters. The summed E-state index contributed by atoms with van der Waals surface area (Å²) in [5, 5.41) is 18.7. The Morgan fingerprint density at radius 1 is 1.75 bits per heavy atom. The van der Waals surface area contributed by atoms with E-state index in [1.807, 2.05) is 0 Å². The van der Waals surface area contributed by atoms with Gasteiger partial charge >= 0.3 is 5.97 Å². The van der Waals surface area contributed by atoms with Crippen molar-refractivity contribution in [3.8, 4) is 0 Å². The fourth-order valence-electron chi connectivity index (χ4n) is 1.22. The van der Waals surface area contributed by atoms with Crippen molar-refractivity contribution in [2.24, 2.45) is 5.92 Å². The number of carbonyl (C=O) groups is 1. The summed E-state index contributed by atoms with van der Waals surface area (Å²) in [6, 6.07) is 0. The summed E-state index contributed by atoms with van der Waals surface area (Å²) in [5.41, 5.74) is 0. The Kier molecular flexibility index (Phi) is 2.59. The van der Waals surface area contributed by atoms with Crippen molar-refractivity contribution in [1.82, 2.24) is 0 Å². The van der Waals surface area contributed by atoms with Gasteiger partial charge in [0.2, 0.25) is 6.54 Å². The molecule has 1 heterocycles. The monoisotopic (exact) mass is 175 g/mol. The van der Waals surface area contributed by atoms with Gasteiger partial charge in [0, 0.05) is 4.92 Å². The van der Waals surface area contributed by atoms with Crippen LogP contribution in [0.5, 0.6) is 0 Å². The third-order valence-electron chi connectivity index (χ3n) is 1.80. The van der Waals surface area contributed by atoms with Crippen LogP contribution in [0.15, 0.2) is 0 Å². The van der Waals surface area contributed by atoms with Crippen LogP contribution in [-0.2, 0) is 9.53 Å². The quantitative estimate of drug-likeness (QED) is 0.344. The maximum atomic E-state index is 10.6. The van der Waals surface area contributed by atoms with Gasteiger partial charge in [0.15, 0.2) is 0 Å². The van der Waals surface area contributed by atoms with Crippen LogP contribution in [0.1, 0.15) is 6.42 Å². The molecule has 1 fully saturated rings. The lowest BCUT2D eigenvalue weighted by Crippen LogP contribution is -2.26. The molecule has 0 aromatic rings. The molecular formula is C6H9NO5. The molecule has 0 aliphatic carbocycles. The summed E-state index contributed by atoms with van der Waals surface area (Å²) in [4.78, 5) is 20.2. The third kappa shape index (κ3) is 1.91. The number of aliphatic hydroxyl groups is 1. The predicted octanol–water partition coefficient (Wildman–Crippen LogP) is -0.813. The van der Waals surface area contributed by atoms with Gasteiger partial charge in [-0.05, 0) is 0 Å². The van der Waals surface area contributed by atoms with Gasteiger partial charge < -0.3 is 9.84 Å². The molecule has 0 aromatic carbocycles. The summed E-state index contributed by atoms with van der Waals surface area (Å²) in [6.45, 7) is -0.665. The number of hydrogen-bond donors (Lipinski definition) is 1. The first-order valence-corrected chi connectivity index (χ1v) is 3.55. The number of cyclic esters (lactones) is 1. The molecular weight excluding hydrogens is 166 g/mol. The molecule has 12 heavy (non-hydrogen) atoms. The van der Waals surface area contributed by atoms with Crippen LogP contribution in [0.4, 0.5) is 0 Å². The molecule has 0 aromatic heterocycles. The molecule has 6 nitrogen and oxygen atoms in total. The van der Waals surface area contributed by atoms with Crippen molar-refractivity contribution in [1.29, 1.82) is 0 Å². The Morgan fingerprint density at radius 3 is 2.92 bits per heavy atom. The molecule has 1 aliphatic heterocycles. The number of esters is 1. The Hall–Kier alpha value is -1.17. The van der Waals surface area contributed by atoms with E-state index in [-0.39, 0.29) is 19.6 Å². The minimum absolute atomic E-state index is 0.0339. The Morgan fingerprint density at radius 2 is 2.42 bits per heavy atom. The number of carbonyl (C=O) groups excluding carboxylic acids is 1. The highest BCUT2D eigenvalue weighted by Gasteiger charge is 2.37.